The van der Waals surface area contributed by atoms with Gasteiger partial charge in [-0.3, -0.25) is 0 Å². The number of hydrogen-bond acceptors (Lipinski definition) is 2. The minimum Gasteiger partial charge on any atom is -0.379 e. The molecular weight excluding hydrogens is 174 g/mol. The van der Waals surface area contributed by atoms with E-state index in [1.54, 1.807) is 7.11 Å². The smallest absolute Gasteiger partial charge is 0.0763 e. The molecule has 0 aliphatic rings. The fourth-order valence-electron chi connectivity index (χ4n) is 1.62. The van der Waals surface area contributed by atoms with Crippen molar-refractivity contribution < 1.29 is 4.74 Å². The Morgan fingerprint density at radius 2 is 1.93 bits per heavy atom. The van der Waals surface area contributed by atoms with Gasteiger partial charge >= 0.3 is 0 Å². The molecule has 1 aromatic carbocycles. The number of methoxy groups -OCH3 is 1. The van der Waals surface area contributed by atoms with Crippen molar-refractivity contribution >= 4 is 0 Å². The van der Waals surface area contributed by atoms with Gasteiger partial charge in [-0.2, -0.15) is 0 Å². The third kappa shape index (κ3) is 2.82. The summed E-state index contributed by atoms with van der Waals surface area (Å²) in [6, 6.07) is 10.1. The fraction of sp³-hybridized carbons (Fsp3) is 0.500. The molecule has 0 aliphatic heterocycles. The second-order valence-corrected chi connectivity index (χ2v) is 3.50. The minimum absolute atomic E-state index is 0.0128. The van der Waals surface area contributed by atoms with Crippen LogP contribution in [-0.4, -0.2) is 13.2 Å². The highest BCUT2D eigenvalue weighted by atomic mass is 16.5. The molecule has 0 saturated carbocycles. The van der Waals surface area contributed by atoms with Crippen molar-refractivity contribution in [2.45, 2.75) is 31.9 Å². The van der Waals surface area contributed by atoms with Crippen LogP contribution in [0.1, 0.15) is 31.4 Å². The lowest BCUT2D eigenvalue weighted by atomic mass is 9.99. The van der Waals surface area contributed by atoms with E-state index in [9.17, 15) is 0 Å². The first-order chi connectivity index (χ1) is 6.79. The predicted octanol–water partition coefficient (Wildman–Crippen LogP) is 2.50. The van der Waals surface area contributed by atoms with E-state index in [1.807, 2.05) is 30.3 Å². The van der Waals surface area contributed by atoms with Gasteiger partial charge in [0.15, 0.2) is 0 Å². The maximum Gasteiger partial charge on any atom is 0.0763 e. The van der Waals surface area contributed by atoms with E-state index in [1.165, 1.54) is 0 Å². The molecule has 2 nitrogen and oxygen atoms in total. The van der Waals surface area contributed by atoms with Gasteiger partial charge in [0.2, 0.25) is 0 Å². The van der Waals surface area contributed by atoms with Crippen LogP contribution in [0.4, 0.5) is 0 Å². The first-order valence-electron chi connectivity index (χ1n) is 5.13. The Bertz CT molecular complexity index is 248. The Morgan fingerprint density at radius 3 is 2.43 bits per heavy atom. The van der Waals surface area contributed by atoms with Crippen LogP contribution in [0.25, 0.3) is 0 Å². The molecule has 1 aromatic rings. The molecule has 2 N–H and O–H groups in total. The van der Waals surface area contributed by atoms with Crippen molar-refractivity contribution in [2.75, 3.05) is 7.11 Å². The molecule has 0 saturated heterocycles. The van der Waals surface area contributed by atoms with Gasteiger partial charge in [0.1, 0.15) is 0 Å². The van der Waals surface area contributed by atoms with E-state index >= 15 is 0 Å². The van der Waals surface area contributed by atoms with Crippen LogP contribution >= 0.6 is 0 Å². The van der Waals surface area contributed by atoms with E-state index in [-0.39, 0.29) is 12.1 Å². The first kappa shape index (κ1) is 11.2. The van der Waals surface area contributed by atoms with Gasteiger partial charge in [0.25, 0.3) is 0 Å². The van der Waals surface area contributed by atoms with E-state index in [0.717, 1.165) is 18.4 Å². The lowest BCUT2D eigenvalue weighted by Gasteiger charge is -2.22. The Balaban J connectivity index is 2.67. The van der Waals surface area contributed by atoms with Crippen LogP contribution in [-0.2, 0) is 4.74 Å². The average molecular weight is 193 g/mol. The summed E-state index contributed by atoms with van der Waals surface area (Å²) in [7, 11) is 1.73. The summed E-state index contributed by atoms with van der Waals surface area (Å²) in [5.74, 6) is 0. The predicted molar refractivity (Wildman–Crippen MR) is 59.1 cm³/mol. The van der Waals surface area contributed by atoms with Crippen LogP contribution in [0, 0.1) is 0 Å². The summed E-state index contributed by atoms with van der Waals surface area (Å²) >= 11 is 0. The zero-order valence-electron chi connectivity index (χ0n) is 8.94. The number of ether oxygens (including phenoxy) is 1. The number of rotatable bonds is 5. The molecule has 0 fully saturated rings. The number of nitrogens with two attached hydrogens (primary N) is 1. The zero-order valence-corrected chi connectivity index (χ0v) is 8.94. The molecule has 2 heteroatoms. The van der Waals surface area contributed by atoms with E-state index in [4.69, 9.17) is 10.5 Å². The standard InChI is InChI=1S/C12H19NO/c1-3-7-11(14-2)12(13)10-8-5-4-6-9-10/h4-6,8-9,11-12H,3,7,13H2,1-2H3. The highest BCUT2D eigenvalue weighted by Crippen LogP contribution is 2.19. The summed E-state index contributed by atoms with van der Waals surface area (Å²) in [5.41, 5.74) is 7.26. The van der Waals surface area contributed by atoms with Crippen molar-refractivity contribution in [1.29, 1.82) is 0 Å². The minimum atomic E-state index is -0.0128. The average Bonchev–Trinajstić information content (AvgIpc) is 2.26. The second kappa shape index (κ2) is 5.78. The monoisotopic (exact) mass is 193 g/mol. The summed E-state index contributed by atoms with van der Waals surface area (Å²) in [4.78, 5) is 0. The molecular formula is C12H19NO. The molecule has 0 radical (unpaired) electrons. The van der Waals surface area contributed by atoms with Crippen molar-refractivity contribution in [3.63, 3.8) is 0 Å². The van der Waals surface area contributed by atoms with E-state index < -0.39 is 0 Å². The summed E-state index contributed by atoms with van der Waals surface area (Å²) < 4.78 is 5.38. The second-order valence-electron chi connectivity index (χ2n) is 3.50. The molecule has 0 amide bonds. The normalized spacial score (nSPS) is 15.1. The summed E-state index contributed by atoms with van der Waals surface area (Å²) in [5, 5.41) is 0. The van der Waals surface area contributed by atoms with Gasteiger partial charge in [-0.15, -0.1) is 0 Å². The van der Waals surface area contributed by atoms with Crippen molar-refractivity contribution in [3.8, 4) is 0 Å². The Morgan fingerprint density at radius 1 is 1.29 bits per heavy atom. The molecule has 0 spiro atoms. The van der Waals surface area contributed by atoms with Gasteiger partial charge in [0, 0.05) is 7.11 Å². The number of hydrogen-bond donors (Lipinski definition) is 1. The molecule has 0 aromatic heterocycles. The third-order valence-electron chi connectivity index (χ3n) is 2.46. The number of benzene rings is 1. The van der Waals surface area contributed by atoms with E-state index in [0.29, 0.717) is 0 Å². The van der Waals surface area contributed by atoms with E-state index in [2.05, 4.69) is 6.92 Å². The zero-order chi connectivity index (χ0) is 10.4. The maximum absolute atomic E-state index is 6.11. The SMILES string of the molecule is CCCC(OC)C(N)c1ccccc1. The van der Waals surface area contributed by atoms with Gasteiger partial charge in [0.05, 0.1) is 12.1 Å². The topological polar surface area (TPSA) is 35.2 Å². The molecule has 2 unspecified atom stereocenters. The van der Waals surface area contributed by atoms with Crippen LogP contribution in [0.2, 0.25) is 0 Å². The maximum atomic E-state index is 6.11. The Kier molecular flexibility index (Phi) is 4.63. The van der Waals surface area contributed by atoms with Crippen LogP contribution in [0.15, 0.2) is 30.3 Å². The van der Waals surface area contributed by atoms with Gasteiger partial charge < -0.3 is 10.5 Å². The Labute approximate surface area is 86.1 Å². The first-order valence-corrected chi connectivity index (χ1v) is 5.13. The van der Waals surface area contributed by atoms with Crippen molar-refractivity contribution in [2.24, 2.45) is 5.73 Å². The fourth-order valence-corrected chi connectivity index (χ4v) is 1.62. The quantitative estimate of drug-likeness (QED) is 0.779. The van der Waals surface area contributed by atoms with Crippen molar-refractivity contribution in [3.05, 3.63) is 35.9 Å². The van der Waals surface area contributed by atoms with Crippen LogP contribution < -0.4 is 5.73 Å². The highest BCUT2D eigenvalue weighted by molar-refractivity contribution is 5.19. The van der Waals surface area contributed by atoms with Gasteiger partial charge in [-0.25, -0.2) is 0 Å². The van der Waals surface area contributed by atoms with Crippen LogP contribution in [0.3, 0.4) is 0 Å². The van der Waals surface area contributed by atoms with Gasteiger partial charge in [-0.1, -0.05) is 43.7 Å². The molecule has 0 heterocycles. The molecule has 0 bridgehead atoms. The third-order valence-corrected chi connectivity index (χ3v) is 2.46. The largest absolute Gasteiger partial charge is 0.379 e. The van der Waals surface area contributed by atoms with Crippen LogP contribution in [0.5, 0.6) is 0 Å². The molecule has 78 valence electrons. The Hall–Kier alpha value is -0.860. The molecule has 1 rings (SSSR count). The lowest BCUT2D eigenvalue weighted by Crippen LogP contribution is -2.27. The molecule has 2 atom stereocenters. The summed E-state index contributed by atoms with van der Waals surface area (Å²) in [6.45, 7) is 2.14. The van der Waals surface area contributed by atoms with Gasteiger partial charge in [-0.05, 0) is 12.0 Å². The van der Waals surface area contributed by atoms with Crippen molar-refractivity contribution in [1.82, 2.24) is 0 Å². The summed E-state index contributed by atoms with van der Waals surface area (Å²) in [6.07, 6.45) is 2.23. The molecule has 0 aliphatic carbocycles. The molecule has 14 heavy (non-hydrogen) atoms. The lowest BCUT2D eigenvalue weighted by molar-refractivity contribution is 0.0725. The highest BCUT2D eigenvalue weighted by Gasteiger charge is 2.17.